The van der Waals surface area contributed by atoms with Crippen LogP contribution >= 0.6 is 22.6 Å². The van der Waals surface area contributed by atoms with E-state index in [2.05, 4.69) is 110 Å². The molecule has 1 aliphatic rings. The third-order valence-corrected chi connectivity index (χ3v) is 13.6. The van der Waals surface area contributed by atoms with Crippen molar-refractivity contribution in [3.05, 3.63) is 109 Å². The molecular weight excluding hydrogens is 667 g/mol. The van der Waals surface area contributed by atoms with Crippen LogP contribution in [0.15, 0.2) is 103 Å². The second kappa shape index (κ2) is 15.1. The normalized spacial score (nSPS) is 19.4. The largest absolute Gasteiger partial charge is 0.452 e. The Labute approximate surface area is 272 Å². The summed E-state index contributed by atoms with van der Waals surface area (Å²) >= 11 is 2.38. The fourth-order valence-corrected chi connectivity index (χ4v) is 10.9. The van der Waals surface area contributed by atoms with Crippen LogP contribution in [0.5, 0.6) is 0 Å². The van der Waals surface area contributed by atoms with E-state index in [4.69, 9.17) is 18.6 Å². The summed E-state index contributed by atoms with van der Waals surface area (Å²) in [6, 6.07) is 30.4. The van der Waals surface area contributed by atoms with E-state index in [0.29, 0.717) is 18.6 Å². The molecule has 0 aliphatic carbocycles. The van der Waals surface area contributed by atoms with Crippen molar-refractivity contribution in [3.63, 3.8) is 0 Å². The van der Waals surface area contributed by atoms with Gasteiger partial charge in [0.2, 0.25) is 0 Å². The average Bonchev–Trinajstić information content (AvgIpc) is 3.31. The van der Waals surface area contributed by atoms with Gasteiger partial charge in [-0.1, -0.05) is 128 Å². The van der Waals surface area contributed by atoms with Crippen molar-refractivity contribution < 1.29 is 23.4 Å². The van der Waals surface area contributed by atoms with Gasteiger partial charge in [-0.2, -0.15) is 0 Å². The molecule has 0 aromatic heterocycles. The topological polar surface area (TPSA) is 54.0 Å². The maximum absolute atomic E-state index is 13.2. The van der Waals surface area contributed by atoms with Crippen LogP contribution < -0.4 is 10.4 Å². The zero-order valence-electron chi connectivity index (χ0n) is 26.0. The van der Waals surface area contributed by atoms with Gasteiger partial charge in [-0.15, -0.1) is 0 Å². The lowest BCUT2D eigenvalue weighted by molar-refractivity contribution is -0.153. The van der Waals surface area contributed by atoms with E-state index in [1.165, 1.54) is 10.4 Å². The van der Waals surface area contributed by atoms with E-state index in [1.54, 1.807) is 12.1 Å². The number of benzene rings is 3. The Morgan fingerprint density at radius 3 is 2.02 bits per heavy atom. The van der Waals surface area contributed by atoms with Crippen molar-refractivity contribution in [2.75, 3.05) is 11.0 Å². The molecule has 5 nitrogen and oxygen atoms in total. The molecule has 1 saturated heterocycles. The lowest BCUT2D eigenvalue weighted by Crippen LogP contribution is -2.66. The third-order valence-electron chi connectivity index (χ3n) is 7.77. The van der Waals surface area contributed by atoms with Crippen LogP contribution in [0.1, 0.15) is 64.2 Å². The Morgan fingerprint density at radius 2 is 1.49 bits per heavy atom. The minimum absolute atomic E-state index is 0.0976. The van der Waals surface area contributed by atoms with Crippen molar-refractivity contribution in [3.8, 4) is 0 Å². The number of ether oxygens (including phenoxy) is 3. The van der Waals surface area contributed by atoms with Gasteiger partial charge in [0.15, 0.2) is 5.79 Å². The summed E-state index contributed by atoms with van der Waals surface area (Å²) in [7, 11) is -2.63. The first-order chi connectivity index (χ1) is 20.6. The van der Waals surface area contributed by atoms with Crippen molar-refractivity contribution in [1.29, 1.82) is 0 Å². The first kappa shape index (κ1) is 33.6. The number of alkyl halides is 1. The molecule has 0 radical (unpaired) electrons. The van der Waals surface area contributed by atoms with Crippen molar-refractivity contribution in [1.82, 2.24) is 0 Å². The molecule has 7 heteroatoms. The SMILES string of the molecule is CC1(C)O[C@@H](CCCI)[C@@H](C(/C=C\CCO[Si](c2ccccc2)(c2ccccc2)C(C)(C)C)OC(=O)c2ccccc2)O1. The predicted molar refractivity (Wildman–Crippen MR) is 185 cm³/mol. The minimum Gasteiger partial charge on any atom is -0.452 e. The summed E-state index contributed by atoms with van der Waals surface area (Å²) in [4.78, 5) is 13.2. The number of carbonyl (C=O) groups excluding carboxylic acids is 1. The van der Waals surface area contributed by atoms with Crippen LogP contribution in [-0.2, 0) is 18.6 Å². The fourth-order valence-electron chi connectivity index (χ4n) is 5.90. The number of esters is 1. The molecule has 1 heterocycles. The van der Waals surface area contributed by atoms with Gasteiger partial charge >= 0.3 is 5.97 Å². The monoisotopic (exact) mass is 712 g/mol. The lowest BCUT2D eigenvalue weighted by atomic mass is 10.0. The van der Waals surface area contributed by atoms with Gasteiger partial charge in [0.25, 0.3) is 8.32 Å². The molecule has 0 spiro atoms. The molecule has 3 aromatic carbocycles. The van der Waals surface area contributed by atoms with Crippen LogP contribution in [0, 0.1) is 0 Å². The van der Waals surface area contributed by atoms with Gasteiger partial charge in [0.1, 0.15) is 12.2 Å². The van der Waals surface area contributed by atoms with E-state index < -0.39 is 26.3 Å². The van der Waals surface area contributed by atoms with Crippen LogP contribution in [0.25, 0.3) is 0 Å². The molecule has 4 rings (SSSR count). The average molecular weight is 713 g/mol. The van der Waals surface area contributed by atoms with Gasteiger partial charge in [-0.3, -0.25) is 0 Å². The molecule has 0 saturated carbocycles. The standard InChI is InChI=1S/C36H45IO5Si/c1-35(2,3)43(29-20-11-7-12-21-29,30-22-13-8-14-23-30)39-27-16-15-24-31(40-34(38)28-18-9-6-10-19-28)33-32(25-17-26-37)41-36(4,5)42-33/h6-15,18-24,31-33H,16-17,25-27H2,1-5H3/b24-15-/t31?,32-,33+/m0/s1. The molecule has 3 aromatic rings. The van der Waals surface area contributed by atoms with Gasteiger partial charge in [0.05, 0.1) is 11.7 Å². The lowest BCUT2D eigenvalue weighted by Gasteiger charge is -2.43. The highest BCUT2D eigenvalue weighted by molar-refractivity contribution is 14.1. The Balaban J connectivity index is 1.56. The third kappa shape index (κ3) is 8.45. The van der Waals surface area contributed by atoms with Crippen molar-refractivity contribution in [2.45, 2.75) is 83.0 Å². The Bertz CT molecular complexity index is 1270. The Morgan fingerprint density at radius 1 is 0.930 bits per heavy atom. The second-order valence-corrected chi connectivity index (χ2v) is 17.8. The molecule has 3 atom stereocenters. The number of hydrogen-bond acceptors (Lipinski definition) is 5. The number of halogens is 1. The zero-order valence-corrected chi connectivity index (χ0v) is 29.2. The van der Waals surface area contributed by atoms with Crippen LogP contribution in [-0.4, -0.2) is 49.4 Å². The summed E-state index contributed by atoms with van der Waals surface area (Å²) in [5, 5.41) is 2.41. The molecule has 1 fully saturated rings. The van der Waals surface area contributed by atoms with E-state index in [0.717, 1.165) is 17.3 Å². The molecule has 0 amide bonds. The predicted octanol–water partition coefficient (Wildman–Crippen LogP) is 7.47. The molecule has 1 aliphatic heterocycles. The maximum Gasteiger partial charge on any atom is 0.338 e. The molecule has 0 bridgehead atoms. The highest BCUT2D eigenvalue weighted by Crippen LogP contribution is 2.37. The summed E-state index contributed by atoms with van der Waals surface area (Å²) < 4.78 is 26.8. The summed E-state index contributed by atoms with van der Waals surface area (Å²) in [5.41, 5.74) is 0.512. The summed E-state index contributed by atoms with van der Waals surface area (Å²) in [6.45, 7) is 11.2. The van der Waals surface area contributed by atoms with Crippen molar-refractivity contribution >= 4 is 47.3 Å². The fraction of sp³-hybridized carbons (Fsp3) is 0.417. The van der Waals surface area contributed by atoms with E-state index in [-0.39, 0.29) is 17.1 Å². The molecular formula is C36H45IO5Si. The van der Waals surface area contributed by atoms with Crippen molar-refractivity contribution in [2.24, 2.45) is 0 Å². The van der Waals surface area contributed by atoms with Crippen LogP contribution in [0.3, 0.4) is 0 Å². The summed E-state index contributed by atoms with van der Waals surface area (Å²) in [5.74, 6) is -1.13. The van der Waals surface area contributed by atoms with Gasteiger partial charge in [-0.05, 0) is 71.2 Å². The number of hydrogen-bond donors (Lipinski definition) is 0. The highest BCUT2D eigenvalue weighted by atomic mass is 127. The van der Waals surface area contributed by atoms with E-state index in [1.807, 2.05) is 38.1 Å². The van der Waals surface area contributed by atoms with Gasteiger partial charge < -0.3 is 18.6 Å². The molecule has 1 unspecified atom stereocenters. The molecule has 230 valence electrons. The first-order valence-corrected chi connectivity index (χ1v) is 18.6. The summed E-state index contributed by atoms with van der Waals surface area (Å²) in [6.07, 6.45) is 5.35. The molecule has 0 N–H and O–H groups in total. The maximum atomic E-state index is 13.2. The number of carbonyl (C=O) groups is 1. The van der Waals surface area contributed by atoms with E-state index in [9.17, 15) is 4.79 Å². The Hall–Kier alpha value is -2.30. The van der Waals surface area contributed by atoms with Crippen LogP contribution in [0.4, 0.5) is 0 Å². The first-order valence-electron chi connectivity index (χ1n) is 15.2. The van der Waals surface area contributed by atoms with Gasteiger partial charge in [0, 0.05) is 6.61 Å². The zero-order chi connectivity index (χ0) is 30.9. The quantitative estimate of drug-likeness (QED) is 0.0460. The minimum atomic E-state index is -2.63. The van der Waals surface area contributed by atoms with Gasteiger partial charge in [-0.25, -0.2) is 4.79 Å². The number of rotatable bonds is 13. The smallest absolute Gasteiger partial charge is 0.338 e. The Kier molecular flexibility index (Phi) is 11.8. The molecule has 43 heavy (non-hydrogen) atoms. The highest BCUT2D eigenvalue weighted by Gasteiger charge is 2.50. The van der Waals surface area contributed by atoms with Crippen LogP contribution in [0.2, 0.25) is 5.04 Å². The van der Waals surface area contributed by atoms with E-state index >= 15 is 0 Å². The second-order valence-electron chi connectivity index (χ2n) is 12.4.